The van der Waals surface area contributed by atoms with Gasteiger partial charge in [0.25, 0.3) is 5.91 Å². The Kier molecular flexibility index (Phi) is 6.80. The minimum Gasteiger partial charge on any atom is -0.483 e. The van der Waals surface area contributed by atoms with E-state index in [4.69, 9.17) is 14.6 Å². The maximum absolute atomic E-state index is 12.3. The van der Waals surface area contributed by atoms with Crippen LogP contribution < -0.4 is 20.0 Å². The minimum atomic E-state index is -5.08. The Bertz CT molecular complexity index is 1230. The van der Waals surface area contributed by atoms with E-state index in [9.17, 15) is 18.0 Å². The third kappa shape index (κ3) is 5.06. The molecule has 1 unspecified atom stereocenters. The van der Waals surface area contributed by atoms with Crippen LogP contribution in [0.15, 0.2) is 47.6 Å². The van der Waals surface area contributed by atoms with E-state index in [0.29, 0.717) is 6.61 Å². The van der Waals surface area contributed by atoms with E-state index in [1.54, 1.807) is 0 Å². The molecule has 0 aromatic heterocycles. The maximum atomic E-state index is 12.3. The van der Waals surface area contributed by atoms with Gasteiger partial charge in [0.05, 0.1) is 11.2 Å². The number of carbonyl (C=O) groups excluding carboxylic acids is 1. The predicted octanol–water partition coefficient (Wildman–Crippen LogP) is 3.16. The summed E-state index contributed by atoms with van der Waals surface area (Å²) in [7, 11) is 4.30. The first-order chi connectivity index (χ1) is 17.3. The van der Waals surface area contributed by atoms with Crippen molar-refractivity contribution < 1.29 is 32.6 Å². The third-order valence-corrected chi connectivity index (χ3v) is 6.75. The molecule has 37 heavy (non-hydrogen) atoms. The van der Waals surface area contributed by atoms with Gasteiger partial charge in [-0.2, -0.15) is 18.3 Å². The first kappa shape index (κ1) is 26.3. The minimum absolute atomic E-state index is 0.0455. The van der Waals surface area contributed by atoms with Crippen LogP contribution in [0.1, 0.15) is 13.8 Å². The molecule has 9 nitrogen and oxygen atoms in total. The summed E-state index contributed by atoms with van der Waals surface area (Å²) >= 11 is 0. The summed E-state index contributed by atoms with van der Waals surface area (Å²) in [5.74, 6) is -1.36. The van der Waals surface area contributed by atoms with Gasteiger partial charge in [0.1, 0.15) is 18.4 Å². The van der Waals surface area contributed by atoms with Crippen LogP contribution in [0, 0.1) is 0 Å². The molecule has 3 aliphatic rings. The molecule has 2 aromatic carbocycles. The van der Waals surface area contributed by atoms with Crippen molar-refractivity contribution in [1.82, 2.24) is 10.3 Å². The SMILES string of the molecule is CC1C(=O)NN=C2COc3cc(-c4ccccc4)c(N(C)C4(C)CN(C)C4)cc3N21.O=C(O)C(F)(F)F. The zero-order valence-electron chi connectivity index (χ0n) is 20.8. The second-order valence-corrected chi connectivity index (χ2v) is 9.57. The quantitative estimate of drug-likeness (QED) is 0.643. The maximum Gasteiger partial charge on any atom is 0.490 e. The number of amides is 1. The van der Waals surface area contributed by atoms with Gasteiger partial charge in [-0.25, -0.2) is 10.2 Å². The average molecular weight is 520 g/mol. The highest BCUT2D eigenvalue weighted by Gasteiger charge is 2.42. The zero-order valence-corrected chi connectivity index (χ0v) is 20.8. The van der Waals surface area contributed by atoms with Crippen molar-refractivity contribution in [1.29, 1.82) is 0 Å². The molecule has 1 amide bonds. The molecule has 0 radical (unpaired) electrons. The van der Waals surface area contributed by atoms with Crippen LogP contribution in [0.3, 0.4) is 0 Å². The van der Waals surface area contributed by atoms with Gasteiger partial charge in [0, 0.05) is 31.4 Å². The molecule has 198 valence electrons. The molecular formula is C25H28F3N5O4. The van der Waals surface area contributed by atoms with E-state index in [2.05, 4.69) is 77.7 Å². The normalized spacial score (nSPS) is 20.1. The number of fused-ring (bicyclic) bond motifs is 3. The number of benzene rings is 2. The molecule has 3 aliphatic heterocycles. The van der Waals surface area contributed by atoms with Crippen molar-refractivity contribution >= 4 is 29.1 Å². The molecule has 1 atom stereocenters. The highest BCUT2D eigenvalue weighted by Crippen LogP contribution is 2.45. The first-order valence-corrected chi connectivity index (χ1v) is 11.6. The number of nitrogens with zero attached hydrogens (tertiary/aromatic N) is 4. The number of ether oxygens (including phenoxy) is 1. The lowest BCUT2D eigenvalue weighted by atomic mass is 9.89. The Morgan fingerprint density at radius 2 is 1.86 bits per heavy atom. The average Bonchev–Trinajstić information content (AvgIpc) is 2.84. The lowest BCUT2D eigenvalue weighted by molar-refractivity contribution is -0.192. The monoisotopic (exact) mass is 519 g/mol. The summed E-state index contributed by atoms with van der Waals surface area (Å²) in [4.78, 5) is 27.9. The van der Waals surface area contributed by atoms with Gasteiger partial charge in [-0.1, -0.05) is 30.3 Å². The van der Waals surface area contributed by atoms with Crippen molar-refractivity contribution in [2.24, 2.45) is 5.10 Å². The number of likely N-dealkylation sites (tertiary alicyclic amines) is 1. The van der Waals surface area contributed by atoms with Crippen LogP contribution >= 0.6 is 0 Å². The Hall–Kier alpha value is -3.80. The molecular weight excluding hydrogens is 491 g/mol. The van der Waals surface area contributed by atoms with Gasteiger partial charge in [-0.15, -0.1) is 0 Å². The number of carbonyl (C=O) groups is 2. The standard InChI is InChI=1S/C23H27N5O2.C2HF3O2/c1-15-22(29)25-24-21-12-30-20-10-17(16-8-6-5-7-9-16)18(11-19(20)28(15)21)27(4)23(2)13-26(3)14-23;3-2(4,5)1(6)7/h5-11,15H,12-14H2,1-4H3,(H,25,29);(H,6,7). The lowest BCUT2D eigenvalue weighted by Crippen LogP contribution is -2.66. The molecule has 0 aliphatic carbocycles. The van der Waals surface area contributed by atoms with Gasteiger partial charge >= 0.3 is 12.1 Å². The van der Waals surface area contributed by atoms with Crippen LogP contribution in [0.4, 0.5) is 24.5 Å². The van der Waals surface area contributed by atoms with Gasteiger partial charge in [-0.3, -0.25) is 4.79 Å². The molecule has 0 bridgehead atoms. The number of hydrazone groups is 1. The van der Waals surface area contributed by atoms with E-state index in [1.807, 2.05) is 17.9 Å². The van der Waals surface area contributed by atoms with E-state index < -0.39 is 12.1 Å². The second kappa shape index (κ2) is 9.58. The smallest absolute Gasteiger partial charge is 0.483 e. The van der Waals surface area contributed by atoms with E-state index in [-0.39, 0.29) is 17.5 Å². The van der Waals surface area contributed by atoms with Crippen molar-refractivity contribution in [2.75, 3.05) is 43.6 Å². The number of hydrogen-bond donors (Lipinski definition) is 2. The van der Waals surface area contributed by atoms with Crippen LogP contribution in [0.25, 0.3) is 11.1 Å². The summed E-state index contributed by atoms with van der Waals surface area (Å²) in [5, 5.41) is 11.3. The highest BCUT2D eigenvalue weighted by molar-refractivity contribution is 6.10. The number of rotatable bonds is 3. The molecule has 1 saturated heterocycles. The van der Waals surface area contributed by atoms with Crippen molar-refractivity contribution in [2.45, 2.75) is 31.6 Å². The number of halogens is 3. The van der Waals surface area contributed by atoms with Crippen LogP contribution in [0.5, 0.6) is 5.75 Å². The zero-order chi connectivity index (χ0) is 27.1. The molecule has 0 spiro atoms. The number of nitrogens with one attached hydrogen (secondary N) is 1. The van der Waals surface area contributed by atoms with Gasteiger partial charge in [0.2, 0.25) is 0 Å². The Balaban J connectivity index is 0.000000405. The predicted molar refractivity (Wildman–Crippen MR) is 133 cm³/mol. The van der Waals surface area contributed by atoms with Crippen LogP contribution in [-0.2, 0) is 9.59 Å². The Labute approximate surface area is 212 Å². The van der Waals surface area contributed by atoms with E-state index in [0.717, 1.165) is 47.2 Å². The number of amidine groups is 1. The molecule has 1 fully saturated rings. The topological polar surface area (TPSA) is 97.7 Å². The van der Waals surface area contributed by atoms with Crippen LogP contribution in [-0.4, -0.2) is 79.3 Å². The Morgan fingerprint density at radius 1 is 1.24 bits per heavy atom. The number of anilines is 2. The number of alkyl halides is 3. The Morgan fingerprint density at radius 3 is 2.43 bits per heavy atom. The summed E-state index contributed by atoms with van der Waals surface area (Å²) in [5.41, 5.74) is 6.92. The summed E-state index contributed by atoms with van der Waals surface area (Å²) in [6, 6.07) is 14.3. The molecule has 2 N–H and O–H groups in total. The molecule has 2 aromatic rings. The van der Waals surface area contributed by atoms with Gasteiger partial charge in [0.15, 0.2) is 5.84 Å². The van der Waals surface area contributed by atoms with Gasteiger partial charge in [-0.05, 0) is 38.6 Å². The number of likely N-dealkylation sites (N-methyl/N-ethyl adjacent to an activating group) is 2. The molecule has 3 heterocycles. The van der Waals surface area contributed by atoms with Crippen molar-refractivity contribution in [3.8, 4) is 16.9 Å². The third-order valence-electron chi connectivity index (χ3n) is 6.75. The fourth-order valence-corrected chi connectivity index (χ4v) is 4.81. The number of carboxylic acids is 1. The fraction of sp³-hybridized carbons (Fsp3) is 0.400. The largest absolute Gasteiger partial charge is 0.490 e. The summed E-state index contributed by atoms with van der Waals surface area (Å²) in [6.45, 7) is 6.53. The van der Waals surface area contributed by atoms with Gasteiger partial charge < -0.3 is 24.5 Å². The van der Waals surface area contributed by atoms with Crippen molar-refractivity contribution in [3.05, 3.63) is 42.5 Å². The molecule has 0 saturated carbocycles. The molecule has 12 heteroatoms. The first-order valence-electron chi connectivity index (χ1n) is 11.6. The summed E-state index contributed by atoms with van der Waals surface area (Å²) < 4.78 is 37.8. The number of aliphatic carboxylic acids is 1. The van der Waals surface area contributed by atoms with E-state index >= 15 is 0 Å². The highest BCUT2D eigenvalue weighted by atomic mass is 19.4. The van der Waals surface area contributed by atoms with Crippen molar-refractivity contribution in [3.63, 3.8) is 0 Å². The second-order valence-electron chi connectivity index (χ2n) is 9.57. The lowest BCUT2D eigenvalue weighted by Gasteiger charge is -2.53. The molecule has 5 rings (SSSR count). The number of carboxylic acid groups (broad SMARTS) is 1. The van der Waals surface area contributed by atoms with Crippen LogP contribution in [0.2, 0.25) is 0 Å². The number of hydrogen-bond acceptors (Lipinski definition) is 7. The fourth-order valence-electron chi connectivity index (χ4n) is 4.81. The van der Waals surface area contributed by atoms with E-state index in [1.165, 1.54) is 0 Å². The summed E-state index contributed by atoms with van der Waals surface area (Å²) in [6.07, 6.45) is -5.08.